The molecule has 0 amide bonds. The minimum Gasteiger partial charge on any atom is -0.480 e. The number of halogens is 1. The lowest BCUT2D eigenvalue weighted by Crippen LogP contribution is -2.03. The maximum absolute atomic E-state index is 13.6. The van der Waals surface area contributed by atoms with Crippen molar-refractivity contribution in [2.24, 2.45) is 0 Å². The van der Waals surface area contributed by atoms with Gasteiger partial charge in [0.25, 0.3) is 0 Å². The second kappa shape index (κ2) is 5.45. The molecule has 0 radical (unpaired) electrons. The molecule has 0 saturated carbocycles. The van der Waals surface area contributed by atoms with E-state index in [0.717, 1.165) is 6.07 Å². The monoisotopic (exact) mass is 275 g/mol. The lowest BCUT2D eigenvalue weighted by molar-refractivity contribution is 0.0655. The van der Waals surface area contributed by atoms with Gasteiger partial charge in [0.15, 0.2) is 17.7 Å². The smallest absolute Gasteiger partial charge is 0.371 e. The fourth-order valence-corrected chi connectivity index (χ4v) is 1.60. The second-order valence-electron chi connectivity index (χ2n) is 4.02. The molecule has 1 aromatic heterocycles. The molecule has 102 valence electrons. The summed E-state index contributed by atoms with van der Waals surface area (Å²) >= 11 is 0. The number of nitrogens with zero attached hydrogens (tertiary/aromatic N) is 1. The first-order valence-electron chi connectivity index (χ1n) is 5.70. The largest absolute Gasteiger partial charge is 0.480 e. The van der Waals surface area contributed by atoms with Crippen molar-refractivity contribution in [1.82, 2.24) is 0 Å². The Morgan fingerprint density at radius 2 is 2.20 bits per heavy atom. The third-order valence-electron chi connectivity index (χ3n) is 2.60. The van der Waals surface area contributed by atoms with E-state index in [4.69, 9.17) is 19.5 Å². The summed E-state index contributed by atoms with van der Waals surface area (Å²) in [7, 11) is 0. The highest BCUT2D eigenvalue weighted by Gasteiger charge is 2.17. The summed E-state index contributed by atoms with van der Waals surface area (Å²) in [5.41, 5.74) is 0.189. The molecule has 1 heterocycles. The standard InChI is InChI=1S/C14H10FNO4/c1-8(11-4-5-13(20-11)14(17)18)19-12-3-2-9(7-16)6-10(12)15/h2-6,8H,1H3,(H,17,18). The van der Waals surface area contributed by atoms with E-state index in [0.29, 0.717) is 0 Å². The predicted molar refractivity (Wildman–Crippen MR) is 65.8 cm³/mol. The zero-order valence-corrected chi connectivity index (χ0v) is 10.5. The number of carboxylic acid groups (broad SMARTS) is 1. The van der Waals surface area contributed by atoms with Crippen molar-refractivity contribution in [3.63, 3.8) is 0 Å². The van der Waals surface area contributed by atoms with E-state index in [1.54, 1.807) is 6.92 Å². The Labute approximate surface area is 113 Å². The van der Waals surface area contributed by atoms with Crippen LogP contribution in [0.25, 0.3) is 0 Å². The van der Waals surface area contributed by atoms with Gasteiger partial charge >= 0.3 is 5.97 Å². The molecule has 0 aliphatic heterocycles. The van der Waals surface area contributed by atoms with Gasteiger partial charge in [0, 0.05) is 0 Å². The third-order valence-corrected chi connectivity index (χ3v) is 2.60. The van der Waals surface area contributed by atoms with Crippen LogP contribution in [0.2, 0.25) is 0 Å². The first-order valence-corrected chi connectivity index (χ1v) is 5.70. The fourth-order valence-electron chi connectivity index (χ4n) is 1.60. The van der Waals surface area contributed by atoms with Gasteiger partial charge in [-0.1, -0.05) is 0 Å². The van der Waals surface area contributed by atoms with Gasteiger partial charge in [0.2, 0.25) is 5.76 Å². The summed E-state index contributed by atoms with van der Waals surface area (Å²) in [5.74, 6) is -1.83. The number of carbonyl (C=O) groups is 1. The minimum atomic E-state index is -1.19. The SMILES string of the molecule is CC(Oc1ccc(C#N)cc1F)c1ccc(C(=O)O)o1. The van der Waals surface area contributed by atoms with Crippen LogP contribution in [0.4, 0.5) is 4.39 Å². The zero-order valence-electron chi connectivity index (χ0n) is 10.5. The summed E-state index contributed by atoms with van der Waals surface area (Å²) in [6.07, 6.45) is -0.662. The summed E-state index contributed by atoms with van der Waals surface area (Å²) in [6, 6.07) is 8.40. The van der Waals surface area contributed by atoms with E-state index < -0.39 is 17.9 Å². The number of benzene rings is 1. The van der Waals surface area contributed by atoms with Gasteiger partial charge in [-0.2, -0.15) is 5.26 Å². The Morgan fingerprint density at radius 3 is 2.75 bits per heavy atom. The van der Waals surface area contributed by atoms with Crippen LogP contribution in [-0.2, 0) is 0 Å². The number of carboxylic acids is 1. The van der Waals surface area contributed by atoms with Crippen molar-refractivity contribution >= 4 is 5.97 Å². The Hall–Kier alpha value is -2.81. The Morgan fingerprint density at radius 1 is 1.45 bits per heavy atom. The minimum absolute atomic E-state index is 0.0372. The van der Waals surface area contributed by atoms with Gasteiger partial charge in [-0.3, -0.25) is 0 Å². The molecule has 0 aliphatic rings. The van der Waals surface area contributed by atoms with Crippen molar-refractivity contribution in [1.29, 1.82) is 5.26 Å². The average Bonchev–Trinajstić information content (AvgIpc) is 2.91. The molecule has 1 N–H and O–H groups in total. The lowest BCUT2D eigenvalue weighted by atomic mass is 10.2. The average molecular weight is 275 g/mol. The number of nitriles is 1. The molecule has 5 nitrogen and oxygen atoms in total. The van der Waals surface area contributed by atoms with E-state index in [2.05, 4.69) is 0 Å². The van der Waals surface area contributed by atoms with Gasteiger partial charge in [0.05, 0.1) is 11.6 Å². The molecule has 6 heteroatoms. The van der Waals surface area contributed by atoms with Crippen LogP contribution in [0.5, 0.6) is 5.75 Å². The summed E-state index contributed by atoms with van der Waals surface area (Å²) in [4.78, 5) is 10.7. The van der Waals surface area contributed by atoms with E-state index in [9.17, 15) is 9.18 Å². The molecular formula is C14H10FNO4. The Balaban J connectivity index is 2.16. The normalized spacial score (nSPS) is 11.7. The predicted octanol–water partition coefficient (Wildman–Crippen LogP) is 3.13. The molecule has 0 bridgehead atoms. The molecular weight excluding hydrogens is 265 g/mol. The highest BCUT2D eigenvalue weighted by Crippen LogP contribution is 2.26. The number of hydrogen-bond acceptors (Lipinski definition) is 4. The summed E-state index contributed by atoms with van der Waals surface area (Å²) < 4.78 is 24.1. The van der Waals surface area contributed by atoms with Crippen LogP contribution in [-0.4, -0.2) is 11.1 Å². The second-order valence-corrected chi connectivity index (χ2v) is 4.02. The Bertz CT molecular complexity index is 687. The van der Waals surface area contributed by atoms with E-state index >= 15 is 0 Å². The fraction of sp³-hybridized carbons (Fsp3) is 0.143. The molecule has 1 unspecified atom stereocenters. The zero-order chi connectivity index (χ0) is 14.7. The van der Waals surface area contributed by atoms with Crippen molar-refractivity contribution in [2.45, 2.75) is 13.0 Å². The molecule has 0 spiro atoms. The third kappa shape index (κ3) is 2.78. The van der Waals surface area contributed by atoms with Crippen LogP contribution in [0, 0.1) is 17.1 Å². The maximum atomic E-state index is 13.6. The van der Waals surface area contributed by atoms with Gasteiger partial charge in [0.1, 0.15) is 5.76 Å². The molecule has 0 fully saturated rings. The topological polar surface area (TPSA) is 83.5 Å². The van der Waals surface area contributed by atoms with E-state index in [-0.39, 0.29) is 22.8 Å². The van der Waals surface area contributed by atoms with Crippen LogP contribution in [0.15, 0.2) is 34.7 Å². The quantitative estimate of drug-likeness (QED) is 0.926. The van der Waals surface area contributed by atoms with Crippen molar-refractivity contribution in [3.8, 4) is 11.8 Å². The van der Waals surface area contributed by atoms with Gasteiger partial charge in [-0.25, -0.2) is 9.18 Å². The number of ether oxygens (including phenoxy) is 1. The molecule has 2 rings (SSSR count). The van der Waals surface area contributed by atoms with Crippen LogP contribution in [0.3, 0.4) is 0 Å². The molecule has 0 saturated heterocycles. The van der Waals surface area contributed by atoms with Gasteiger partial charge in [-0.15, -0.1) is 0 Å². The first kappa shape index (κ1) is 13.6. The molecule has 2 aromatic rings. The van der Waals surface area contributed by atoms with Crippen molar-refractivity contribution < 1.29 is 23.4 Å². The Kier molecular flexibility index (Phi) is 3.71. The molecule has 20 heavy (non-hydrogen) atoms. The molecule has 1 atom stereocenters. The van der Waals surface area contributed by atoms with Gasteiger partial charge in [-0.05, 0) is 37.3 Å². The molecule has 1 aromatic carbocycles. The molecule has 0 aliphatic carbocycles. The lowest BCUT2D eigenvalue weighted by Gasteiger charge is -2.13. The van der Waals surface area contributed by atoms with E-state index in [1.807, 2.05) is 6.07 Å². The highest BCUT2D eigenvalue weighted by atomic mass is 19.1. The summed E-state index contributed by atoms with van der Waals surface area (Å²) in [5, 5.41) is 17.4. The van der Waals surface area contributed by atoms with Gasteiger partial charge < -0.3 is 14.3 Å². The van der Waals surface area contributed by atoms with Crippen LogP contribution >= 0.6 is 0 Å². The summed E-state index contributed by atoms with van der Waals surface area (Å²) in [6.45, 7) is 1.60. The number of aromatic carboxylic acids is 1. The van der Waals surface area contributed by atoms with E-state index in [1.165, 1.54) is 24.3 Å². The first-order chi connectivity index (χ1) is 9.51. The maximum Gasteiger partial charge on any atom is 0.371 e. The number of rotatable bonds is 4. The van der Waals surface area contributed by atoms with Crippen molar-refractivity contribution in [2.75, 3.05) is 0 Å². The van der Waals surface area contributed by atoms with Crippen molar-refractivity contribution in [3.05, 3.63) is 53.2 Å². The number of furan rings is 1. The highest BCUT2D eigenvalue weighted by molar-refractivity contribution is 5.84. The number of hydrogen-bond donors (Lipinski definition) is 1. The van der Waals surface area contributed by atoms with Crippen LogP contribution in [0.1, 0.15) is 34.9 Å². The van der Waals surface area contributed by atoms with Crippen LogP contribution < -0.4 is 4.74 Å².